The van der Waals surface area contributed by atoms with Crippen LogP contribution in [0.1, 0.15) is 57.6 Å². The number of halogens is 1. The molecule has 1 aliphatic heterocycles. The van der Waals surface area contributed by atoms with Gasteiger partial charge in [-0.05, 0) is 43.0 Å². The highest BCUT2D eigenvalue weighted by Crippen LogP contribution is 2.45. The number of aromatic amines is 1. The highest BCUT2D eigenvalue weighted by molar-refractivity contribution is 6.32. The summed E-state index contributed by atoms with van der Waals surface area (Å²) in [7, 11) is 0. The van der Waals surface area contributed by atoms with E-state index in [2.05, 4.69) is 40.3 Å². The minimum atomic E-state index is -0.361. The van der Waals surface area contributed by atoms with Crippen molar-refractivity contribution >= 4 is 28.4 Å². The fourth-order valence-corrected chi connectivity index (χ4v) is 5.17. The quantitative estimate of drug-likeness (QED) is 0.815. The average Bonchev–Trinajstić information content (AvgIpc) is 2.92. The van der Waals surface area contributed by atoms with Gasteiger partial charge in [0.15, 0.2) is 0 Å². The lowest BCUT2D eigenvalue weighted by Gasteiger charge is -2.47. The molecule has 1 aromatic carbocycles. The molecule has 1 aliphatic carbocycles. The molecule has 2 aliphatic rings. The smallest absolute Gasteiger partial charge is 0.225 e. The van der Waals surface area contributed by atoms with Crippen LogP contribution in [0.2, 0.25) is 5.15 Å². The summed E-state index contributed by atoms with van der Waals surface area (Å²) in [5, 5.41) is 5.42. The summed E-state index contributed by atoms with van der Waals surface area (Å²) >= 11 is 6.55. The number of hydrogen-bond donors (Lipinski definition) is 2. The molecule has 5 heteroatoms. The number of rotatable bonds is 3. The van der Waals surface area contributed by atoms with E-state index in [0.29, 0.717) is 12.0 Å². The number of hydrogen-bond acceptors (Lipinski definition) is 2. The zero-order chi connectivity index (χ0) is 19.3. The third kappa shape index (κ3) is 3.27. The van der Waals surface area contributed by atoms with Crippen LogP contribution in [0.5, 0.6) is 0 Å². The van der Waals surface area contributed by atoms with Crippen molar-refractivity contribution in [2.45, 2.75) is 65.0 Å². The Kier molecular flexibility index (Phi) is 4.76. The van der Waals surface area contributed by atoms with Gasteiger partial charge in [0.2, 0.25) is 5.91 Å². The molecule has 0 spiro atoms. The number of aromatic nitrogens is 1. The SMILES string of the molecule is CCCN1CC(NC(=O)C(C)(C)C)C[C@@H]2c3cccc4[nH]c(Cl)c(c34)C[C@H]21. The first-order chi connectivity index (χ1) is 12.8. The van der Waals surface area contributed by atoms with Gasteiger partial charge in [0.1, 0.15) is 5.15 Å². The zero-order valence-corrected chi connectivity index (χ0v) is 17.5. The van der Waals surface area contributed by atoms with E-state index in [1.165, 1.54) is 16.5 Å². The summed E-state index contributed by atoms with van der Waals surface area (Å²) in [6, 6.07) is 7.14. The van der Waals surface area contributed by atoms with Crippen LogP contribution in [-0.2, 0) is 11.2 Å². The predicted molar refractivity (Wildman–Crippen MR) is 111 cm³/mol. The van der Waals surface area contributed by atoms with E-state index < -0.39 is 0 Å². The molecular weight excluding hydrogens is 358 g/mol. The van der Waals surface area contributed by atoms with Crippen molar-refractivity contribution in [3.8, 4) is 0 Å². The van der Waals surface area contributed by atoms with E-state index in [4.69, 9.17) is 11.6 Å². The number of carbonyl (C=O) groups is 1. The van der Waals surface area contributed by atoms with Crippen molar-refractivity contribution in [1.82, 2.24) is 15.2 Å². The normalized spacial score (nSPS) is 25.4. The number of nitrogens with zero attached hydrogens (tertiary/aromatic N) is 1. The largest absolute Gasteiger partial charge is 0.352 e. The third-order valence-electron chi connectivity index (χ3n) is 6.17. The number of likely N-dealkylation sites (tertiary alicyclic amines) is 1. The highest BCUT2D eigenvalue weighted by Gasteiger charge is 2.42. The van der Waals surface area contributed by atoms with E-state index in [-0.39, 0.29) is 17.4 Å². The second-order valence-electron chi connectivity index (χ2n) is 9.22. The minimum Gasteiger partial charge on any atom is -0.352 e. The Labute approximate surface area is 166 Å². The van der Waals surface area contributed by atoms with Crippen LogP contribution in [-0.4, -0.2) is 41.0 Å². The first-order valence-electron chi connectivity index (χ1n) is 10.1. The monoisotopic (exact) mass is 387 g/mol. The van der Waals surface area contributed by atoms with Crippen LogP contribution in [0.4, 0.5) is 0 Å². The Hall–Kier alpha value is -1.52. The summed E-state index contributed by atoms with van der Waals surface area (Å²) < 4.78 is 0. The van der Waals surface area contributed by atoms with Gasteiger partial charge in [-0.2, -0.15) is 0 Å². The maximum absolute atomic E-state index is 12.6. The lowest BCUT2D eigenvalue weighted by Crippen LogP contribution is -2.57. The van der Waals surface area contributed by atoms with Crippen molar-refractivity contribution in [2.75, 3.05) is 13.1 Å². The van der Waals surface area contributed by atoms with Gasteiger partial charge >= 0.3 is 0 Å². The first-order valence-corrected chi connectivity index (χ1v) is 10.5. The molecule has 27 heavy (non-hydrogen) atoms. The average molecular weight is 388 g/mol. The van der Waals surface area contributed by atoms with Crippen LogP contribution < -0.4 is 5.32 Å². The molecule has 1 unspecified atom stereocenters. The van der Waals surface area contributed by atoms with Gasteiger partial charge in [-0.1, -0.05) is 51.4 Å². The van der Waals surface area contributed by atoms with Crippen LogP contribution in [0, 0.1) is 5.41 Å². The molecule has 1 fully saturated rings. The van der Waals surface area contributed by atoms with E-state index in [0.717, 1.165) is 43.0 Å². The number of nitrogens with one attached hydrogen (secondary N) is 2. The van der Waals surface area contributed by atoms with Crippen molar-refractivity contribution in [3.63, 3.8) is 0 Å². The second-order valence-corrected chi connectivity index (χ2v) is 9.59. The highest BCUT2D eigenvalue weighted by atomic mass is 35.5. The Balaban J connectivity index is 1.70. The van der Waals surface area contributed by atoms with Gasteiger partial charge in [-0.15, -0.1) is 0 Å². The topological polar surface area (TPSA) is 48.1 Å². The number of amides is 1. The molecule has 1 amide bonds. The Morgan fingerprint density at radius 2 is 2.15 bits per heavy atom. The first kappa shape index (κ1) is 18.8. The third-order valence-corrected chi connectivity index (χ3v) is 6.50. The van der Waals surface area contributed by atoms with E-state index >= 15 is 0 Å². The molecule has 2 aromatic rings. The summed E-state index contributed by atoms with van der Waals surface area (Å²) in [5.41, 5.74) is 3.42. The molecule has 146 valence electrons. The minimum absolute atomic E-state index is 0.141. The molecule has 0 radical (unpaired) electrons. The summed E-state index contributed by atoms with van der Waals surface area (Å²) in [4.78, 5) is 18.5. The number of benzene rings is 1. The lowest BCUT2D eigenvalue weighted by atomic mass is 9.73. The fourth-order valence-electron chi connectivity index (χ4n) is 4.89. The number of carbonyl (C=O) groups excluding carboxylic acids is 1. The zero-order valence-electron chi connectivity index (χ0n) is 16.7. The van der Waals surface area contributed by atoms with E-state index in [1.54, 1.807) is 0 Å². The van der Waals surface area contributed by atoms with Gasteiger partial charge in [0, 0.05) is 40.9 Å². The Bertz CT molecular complexity index is 866. The number of fused-ring (bicyclic) bond motifs is 2. The summed E-state index contributed by atoms with van der Waals surface area (Å²) in [6.07, 6.45) is 3.09. The summed E-state index contributed by atoms with van der Waals surface area (Å²) in [6.45, 7) is 10.1. The number of piperidine rings is 1. The predicted octanol–water partition coefficient (Wildman–Crippen LogP) is 4.48. The van der Waals surface area contributed by atoms with Crippen LogP contribution in [0.15, 0.2) is 18.2 Å². The Morgan fingerprint density at radius 1 is 1.37 bits per heavy atom. The van der Waals surface area contributed by atoms with Gasteiger partial charge < -0.3 is 10.3 Å². The molecular formula is C22H30ClN3O. The van der Waals surface area contributed by atoms with Crippen LogP contribution in [0.25, 0.3) is 10.9 Å². The molecule has 2 heterocycles. The second kappa shape index (κ2) is 6.82. The van der Waals surface area contributed by atoms with Crippen LogP contribution >= 0.6 is 11.6 Å². The van der Waals surface area contributed by atoms with Crippen molar-refractivity contribution in [1.29, 1.82) is 0 Å². The number of H-pyrrole nitrogens is 1. The molecule has 3 atom stereocenters. The molecule has 1 aromatic heterocycles. The van der Waals surface area contributed by atoms with Crippen LogP contribution in [0.3, 0.4) is 0 Å². The van der Waals surface area contributed by atoms with E-state index in [9.17, 15) is 4.79 Å². The van der Waals surface area contributed by atoms with Gasteiger partial charge in [0.05, 0.1) is 0 Å². The van der Waals surface area contributed by atoms with Gasteiger partial charge in [0.25, 0.3) is 0 Å². The van der Waals surface area contributed by atoms with Crippen molar-refractivity contribution < 1.29 is 4.79 Å². The molecule has 1 saturated heterocycles. The molecule has 0 saturated carbocycles. The molecule has 4 rings (SSSR count). The van der Waals surface area contributed by atoms with E-state index in [1.807, 2.05) is 20.8 Å². The standard InChI is InChI=1S/C22H30ClN3O/c1-5-9-26-12-13(24-21(27)22(2,3)4)10-15-14-7-6-8-17-19(14)16(11-18(15)26)20(23)25-17/h6-8,13,15,18,25H,5,9-12H2,1-4H3,(H,24,27)/t13?,15-,18-/m1/s1. The molecule has 4 nitrogen and oxygen atoms in total. The fraction of sp³-hybridized carbons (Fsp3) is 0.591. The molecule has 0 bridgehead atoms. The summed E-state index contributed by atoms with van der Waals surface area (Å²) in [5.74, 6) is 0.570. The molecule has 2 N–H and O–H groups in total. The Morgan fingerprint density at radius 3 is 2.85 bits per heavy atom. The van der Waals surface area contributed by atoms with Gasteiger partial charge in [-0.3, -0.25) is 9.69 Å². The lowest BCUT2D eigenvalue weighted by molar-refractivity contribution is -0.129. The van der Waals surface area contributed by atoms with Crippen molar-refractivity contribution in [3.05, 3.63) is 34.5 Å². The maximum atomic E-state index is 12.6. The van der Waals surface area contributed by atoms with Crippen molar-refractivity contribution in [2.24, 2.45) is 5.41 Å². The maximum Gasteiger partial charge on any atom is 0.225 e. The van der Waals surface area contributed by atoms with Gasteiger partial charge in [-0.25, -0.2) is 0 Å².